The number of nitrogens with two attached hydrogens (primary N) is 2. The van der Waals surface area contributed by atoms with E-state index in [9.17, 15) is 13.6 Å². The second-order valence-corrected chi connectivity index (χ2v) is 6.70. The molecule has 3 amide bonds. The molecule has 0 aliphatic rings. The van der Waals surface area contributed by atoms with Crippen LogP contribution in [0.2, 0.25) is 0 Å². The largest absolute Gasteiger partial charge is 0.352 e. The van der Waals surface area contributed by atoms with Gasteiger partial charge in [0.05, 0.1) is 0 Å². The van der Waals surface area contributed by atoms with Gasteiger partial charge in [-0.25, -0.2) is 4.79 Å². The summed E-state index contributed by atoms with van der Waals surface area (Å²) in [6, 6.07) is 2.48. The van der Waals surface area contributed by atoms with E-state index in [1.54, 1.807) is 0 Å². The third-order valence-corrected chi connectivity index (χ3v) is 3.62. The minimum atomic E-state index is -4.98. The van der Waals surface area contributed by atoms with Crippen molar-refractivity contribution >= 4 is 36.1 Å². The summed E-state index contributed by atoms with van der Waals surface area (Å²) in [5.41, 5.74) is 8.49. The van der Waals surface area contributed by atoms with Crippen molar-refractivity contribution in [1.82, 2.24) is 0 Å². The number of primary amides is 2. The fourth-order valence-electron chi connectivity index (χ4n) is 0.995. The summed E-state index contributed by atoms with van der Waals surface area (Å²) < 4.78 is 28.6. The fourth-order valence-corrected chi connectivity index (χ4v) is 2.18. The standard InChI is InChI=1S/C8H10AsNO5.CH4N2O/c1-5(11)10-7-4-6(9(13,14)15)2-3-8(7)12;2-1(3)4/h2-4,12H,1H3,(H,10,11)(H2,13,14,15);(H4,2,3,4). The molecule has 10 heteroatoms. The summed E-state index contributed by atoms with van der Waals surface area (Å²) in [6.07, 6.45) is 0. The van der Waals surface area contributed by atoms with Crippen molar-refractivity contribution in [3.05, 3.63) is 18.2 Å². The van der Waals surface area contributed by atoms with Gasteiger partial charge in [0.25, 0.3) is 0 Å². The number of nitrogens with one attached hydrogen (secondary N) is 1. The fraction of sp³-hybridized carbons (Fsp3) is 0.111. The second kappa shape index (κ2) is 6.83. The van der Waals surface area contributed by atoms with Crippen LogP contribution in [-0.2, 0) is 8.53 Å². The molecule has 106 valence electrons. The van der Waals surface area contributed by atoms with Gasteiger partial charge in [-0.3, -0.25) is 0 Å². The number of carbonyl (C=O) groups excluding carboxylic acids is 2. The van der Waals surface area contributed by atoms with Crippen LogP contribution in [0.3, 0.4) is 0 Å². The maximum atomic E-state index is 10.9. The average molecular weight is 335 g/mol. The normalized spacial score (nSPS) is 10.1. The van der Waals surface area contributed by atoms with E-state index in [1.807, 2.05) is 0 Å². The molecule has 0 saturated heterocycles. The van der Waals surface area contributed by atoms with E-state index in [0.29, 0.717) is 0 Å². The molecular formula is C9H14AsN3O6. The third kappa shape index (κ3) is 7.14. The van der Waals surface area contributed by atoms with E-state index in [4.69, 9.17) is 13.0 Å². The number of rotatable bonds is 2. The SMILES string of the molecule is CC(=O)Nc1cc([As](=O)(O)O)ccc1O.NC(N)=O. The predicted octanol–water partition coefficient (Wildman–Crippen LogP) is -2.06. The molecular weight excluding hydrogens is 321 g/mol. The predicted molar refractivity (Wildman–Crippen MR) is 66.7 cm³/mol. The Bertz CT molecular complexity index is 523. The molecule has 0 bridgehead atoms. The summed E-state index contributed by atoms with van der Waals surface area (Å²) in [5, 5.41) is 11.6. The van der Waals surface area contributed by atoms with Gasteiger partial charge in [0, 0.05) is 0 Å². The topological polar surface area (TPSA) is 176 Å². The van der Waals surface area contributed by atoms with E-state index in [0.717, 1.165) is 18.2 Å². The first-order chi connectivity index (χ1) is 8.54. The van der Waals surface area contributed by atoms with Gasteiger partial charge in [0.1, 0.15) is 0 Å². The summed E-state index contributed by atoms with van der Waals surface area (Å²) in [4.78, 5) is 19.7. The summed E-state index contributed by atoms with van der Waals surface area (Å²) in [7, 11) is 0. The number of carbonyl (C=O) groups is 2. The van der Waals surface area contributed by atoms with Gasteiger partial charge in [0.2, 0.25) is 0 Å². The van der Waals surface area contributed by atoms with Gasteiger partial charge in [-0.15, -0.1) is 0 Å². The Morgan fingerprint density at radius 1 is 1.26 bits per heavy atom. The van der Waals surface area contributed by atoms with E-state index >= 15 is 0 Å². The molecule has 1 rings (SSSR count). The minimum Gasteiger partial charge on any atom is -0.352 e. The monoisotopic (exact) mass is 335 g/mol. The molecule has 0 saturated carbocycles. The molecule has 0 fully saturated rings. The molecule has 0 spiro atoms. The zero-order valence-electron chi connectivity index (χ0n) is 9.90. The molecule has 0 atom stereocenters. The molecule has 0 heterocycles. The van der Waals surface area contributed by atoms with Crippen LogP contribution < -0.4 is 21.1 Å². The van der Waals surface area contributed by atoms with E-state index in [1.165, 1.54) is 6.92 Å². The Morgan fingerprint density at radius 3 is 2.11 bits per heavy atom. The first-order valence-electron chi connectivity index (χ1n) is 4.75. The van der Waals surface area contributed by atoms with Crippen LogP contribution in [0.1, 0.15) is 6.92 Å². The third-order valence-electron chi connectivity index (χ3n) is 1.63. The number of anilines is 1. The second-order valence-electron chi connectivity index (χ2n) is 3.33. The van der Waals surface area contributed by atoms with E-state index < -0.39 is 26.1 Å². The number of phenolic OH excluding ortho intramolecular Hbond substituents is 1. The number of hydrogen-bond acceptors (Lipinski definition) is 4. The Kier molecular flexibility index (Phi) is 6.13. The van der Waals surface area contributed by atoms with Crippen molar-refractivity contribution in [2.24, 2.45) is 11.5 Å². The van der Waals surface area contributed by atoms with Gasteiger partial charge in [-0.2, -0.15) is 0 Å². The molecule has 1 aromatic rings. The van der Waals surface area contributed by atoms with Crippen molar-refractivity contribution in [2.45, 2.75) is 6.92 Å². The number of urea groups is 1. The van der Waals surface area contributed by atoms with Crippen LogP contribution in [0.25, 0.3) is 0 Å². The molecule has 0 aromatic heterocycles. The first-order valence-corrected chi connectivity index (χ1v) is 8.14. The quantitative estimate of drug-likeness (QED) is 0.267. The van der Waals surface area contributed by atoms with Gasteiger partial charge in [-0.05, 0) is 0 Å². The maximum Gasteiger partial charge on any atom is 0.309 e. The van der Waals surface area contributed by atoms with Crippen molar-refractivity contribution in [2.75, 3.05) is 5.32 Å². The zero-order chi connectivity index (χ0) is 15.2. The van der Waals surface area contributed by atoms with E-state index in [2.05, 4.69) is 16.8 Å². The molecule has 8 N–H and O–H groups in total. The first kappa shape index (κ1) is 17.0. The molecule has 0 aliphatic heterocycles. The number of benzene rings is 1. The Hall–Kier alpha value is -1.96. The van der Waals surface area contributed by atoms with Crippen LogP contribution in [0, 0.1) is 0 Å². The smallest absolute Gasteiger partial charge is 0.309 e. The molecule has 19 heavy (non-hydrogen) atoms. The van der Waals surface area contributed by atoms with E-state index in [-0.39, 0.29) is 15.8 Å². The maximum absolute atomic E-state index is 10.9. The van der Waals surface area contributed by atoms with Crippen LogP contribution in [0.15, 0.2) is 18.2 Å². The Balaban J connectivity index is 0.000000711. The van der Waals surface area contributed by atoms with Crippen molar-refractivity contribution < 1.29 is 26.6 Å². The van der Waals surface area contributed by atoms with Crippen molar-refractivity contribution in [1.29, 1.82) is 0 Å². The Morgan fingerprint density at radius 2 is 1.74 bits per heavy atom. The van der Waals surface area contributed by atoms with Crippen LogP contribution >= 0.6 is 0 Å². The number of aromatic hydroxyl groups is 1. The molecule has 1 aromatic carbocycles. The molecule has 9 nitrogen and oxygen atoms in total. The van der Waals surface area contributed by atoms with Gasteiger partial charge in [-0.1, -0.05) is 0 Å². The van der Waals surface area contributed by atoms with Crippen molar-refractivity contribution in [3.63, 3.8) is 0 Å². The summed E-state index contributed by atoms with van der Waals surface area (Å²) in [5.74, 6) is -0.668. The van der Waals surface area contributed by atoms with Gasteiger partial charge in [0.15, 0.2) is 0 Å². The van der Waals surface area contributed by atoms with Gasteiger partial charge < -0.3 is 11.5 Å². The summed E-state index contributed by atoms with van der Waals surface area (Å²) >= 11 is -4.98. The minimum absolute atomic E-state index is 0.00951. The number of phenols is 1. The molecule has 0 unspecified atom stereocenters. The molecule has 0 aliphatic carbocycles. The number of hydrogen-bond donors (Lipinski definition) is 6. The van der Waals surface area contributed by atoms with Crippen LogP contribution in [-0.4, -0.2) is 39.4 Å². The molecule has 0 radical (unpaired) electrons. The Labute approximate surface area is 111 Å². The zero-order valence-corrected chi connectivity index (χ0v) is 11.8. The van der Waals surface area contributed by atoms with Crippen molar-refractivity contribution in [3.8, 4) is 5.75 Å². The average Bonchev–Trinajstić information content (AvgIpc) is 2.18. The van der Waals surface area contributed by atoms with Crippen LogP contribution in [0.4, 0.5) is 10.5 Å². The number of amides is 3. The van der Waals surface area contributed by atoms with Crippen LogP contribution in [0.5, 0.6) is 5.75 Å². The summed E-state index contributed by atoms with van der Waals surface area (Å²) in [6.45, 7) is 1.23. The van der Waals surface area contributed by atoms with Gasteiger partial charge >= 0.3 is 94.2 Å².